The van der Waals surface area contributed by atoms with Crippen LogP contribution in [0.2, 0.25) is 0 Å². The molecule has 1 amide bonds. The van der Waals surface area contributed by atoms with E-state index >= 15 is 0 Å². The Morgan fingerprint density at radius 3 is 2.67 bits per heavy atom. The van der Waals surface area contributed by atoms with Crippen molar-refractivity contribution in [3.63, 3.8) is 0 Å². The Morgan fingerprint density at radius 1 is 1.08 bits per heavy atom. The molecule has 126 valence electrons. The van der Waals surface area contributed by atoms with E-state index < -0.39 is 0 Å². The van der Waals surface area contributed by atoms with E-state index in [0.29, 0.717) is 23.5 Å². The topological polar surface area (TPSA) is 71.1 Å². The molecule has 0 atom stereocenters. The number of aromatic nitrogens is 1. The van der Waals surface area contributed by atoms with Gasteiger partial charge in [-0.25, -0.2) is 4.98 Å². The number of hydrogen-bond donors (Lipinski definition) is 2. The molecule has 2 rings (SSSR count). The van der Waals surface area contributed by atoms with Gasteiger partial charge in [0, 0.05) is 29.6 Å². The second-order valence-electron chi connectivity index (χ2n) is 5.65. The molecule has 0 spiro atoms. The first-order valence-electron chi connectivity index (χ1n) is 8.22. The molecule has 0 bridgehead atoms. The average Bonchev–Trinajstić information content (AvgIpc) is 2.59. The van der Waals surface area contributed by atoms with Gasteiger partial charge in [0.2, 0.25) is 0 Å². The molecule has 0 aliphatic heterocycles. The van der Waals surface area contributed by atoms with Crippen LogP contribution >= 0.6 is 0 Å². The summed E-state index contributed by atoms with van der Waals surface area (Å²) in [6.07, 6.45) is 4.81. The van der Waals surface area contributed by atoms with Gasteiger partial charge in [-0.1, -0.05) is 31.9 Å². The van der Waals surface area contributed by atoms with E-state index in [-0.39, 0.29) is 11.7 Å². The monoisotopic (exact) mass is 325 g/mol. The van der Waals surface area contributed by atoms with Crippen LogP contribution in [0.3, 0.4) is 0 Å². The maximum absolute atomic E-state index is 12.1. The van der Waals surface area contributed by atoms with Crippen molar-refractivity contribution in [3.05, 3.63) is 53.7 Å². The molecule has 1 aromatic heterocycles. The van der Waals surface area contributed by atoms with Crippen LogP contribution in [0.5, 0.6) is 0 Å². The summed E-state index contributed by atoms with van der Waals surface area (Å²) in [6.45, 7) is 4.34. The highest BCUT2D eigenvalue weighted by molar-refractivity contribution is 5.96. The third kappa shape index (κ3) is 5.19. The average molecular weight is 325 g/mol. The van der Waals surface area contributed by atoms with Crippen LogP contribution in [0.15, 0.2) is 42.6 Å². The molecule has 0 fully saturated rings. The van der Waals surface area contributed by atoms with Crippen LogP contribution < -0.4 is 10.6 Å². The predicted molar refractivity (Wildman–Crippen MR) is 95.8 cm³/mol. The van der Waals surface area contributed by atoms with Crippen molar-refractivity contribution < 1.29 is 9.59 Å². The molecule has 2 N–H and O–H groups in total. The number of ketones is 1. The van der Waals surface area contributed by atoms with Crippen LogP contribution in [-0.4, -0.2) is 23.2 Å². The van der Waals surface area contributed by atoms with Gasteiger partial charge in [0.25, 0.3) is 5.91 Å². The summed E-state index contributed by atoms with van der Waals surface area (Å²) in [5.41, 5.74) is 1.95. The zero-order valence-corrected chi connectivity index (χ0v) is 14.1. The Hall–Kier alpha value is -2.69. The predicted octanol–water partition coefficient (Wildman–Crippen LogP) is 3.95. The molecule has 1 aromatic carbocycles. The first-order chi connectivity index (χ1) is 11.6. The summed E-state index contributed by atoms with van der Waals surface area (Å²) in [5.74, 6) is 0.470. The smallest absolute Gasteiger partial charge is 0.251 e. The molecule has 5 heteroatoms. The molecule has 24 heavy (non-hydrogen) atoms. The summed E-state index contributed by atoms with van der Waals surface area (Å²) in [4.78, 5) is 27.8. The van der Waals surface area contributed by atoms with E-state index in [1.165, 1.54) is 6.92 Å². The van der Waals surface area contributed by atoms with Crippen molar-refractivity contribution in [2.75, 3.05) is 11.9 Å². The van der Waals surface area contributed by atoms with Crippen LogP contribution in [0.4, 0.5) is 11.5 Å². The van der Waals surface area contributed by atoms with Gasteiger partial charge in [-0.2, -0.15) is 0 Å². The normalized spacial score (nSPS) is 10.2. The first-order valence-corrected chi connectivity index (χ1v) is 8.22. The maximum atomic E-state index is 12.1. The Kier molecular flexibility index (Phi) is 6.49. The zero-order chi connectivity index (χ0) is 17.4. The molecular weight excluding hydrogens is 302 g/mol. The SMILES string of the molecule is CCCCCNC(=O)c1ccnc(Nc2cccc(C(C)=O)c2)c1. The number of amides is 1. The molecule has 0 radical (unpaired) electrons. The third-order valence-electron chi connectivity index (χ3n) is 3.63. The number of anilines is 2. The highest BCUT2D eigenvalue weighted by Crippen LogP contribution is 2.17. The Morgan fingerprint density at radius 2 is 1.92 bits per heavy atom. The molecule has 0 saturated carbocycles. The van der Waals surface area contributed by atoms with Crippen molar-refractivity contribution in [1.29, 1.82) is 0 Å². The fraction of sp³-hybridized carbons (Fsp3) is 0.316. The molecule has 0 aliphatic carbocycles. The number of Topliss-reactive ketones (excluding diaryl/α,β-unsaturated/α-hetero) is 1. The quantitative estimate of drug-likeness (QED) is 0.569. The first kappa shape index (κ1) is 17.7. The van der Waals surface area contributed by atoms with Gasteiger partial charge in [-0.15, -0.1) is 0 Å². The van der Waals surface area contributed by atoms with Crippen LogP contribution in [0, 0.1) is 0 Å². The molecule has 0 aliphatic rings. The standard InChI is InChI=1S/C19H23N3O2/c1-3-4-5-10-21-19(24)16-9-11-20-18(13-16)22-17-8-6-7-15(12-17)14(2)23/h6-9,11-13H,3-5,10H2,1-2H3,(H,20,22)(H,21,24). The van der Waals surface area contributed by atoms with Gasteiger partial charge < -0.3 is 10.6 Å². The number of carbonyl (C=O) groups excluding carboxylic acids is 2. The van der Waals surface area contributed by atoms with Crippen molar-refractivity contribution in [2.45, 2.75) is 33.1 Å². The maximum Gasteiger partial charge on any atom is 0.251 e. The number of benzene rings is 1. The Balaban J connectivity index is 2.03. The Labute approximate surface area is 142 Å². The van der Waals surface area contributed by atoms with E-state index in [4.69, 9.17) is 0 Å². The number of nitrogens with one attached hydrogen (secondary N) is 2. The number of rotatable bonds is 8. The highest BCUT2D eigenvalue weighted by atomic mass is 16.1. The number of pyridine rings is 1. The molecule has 1 heterocycles. The molecule has 0 unspecified atom stereocenters. The van der Waals surface area contributed by atoms with Crippen molar-refractivity contribution >= 4 is 23.2 Å². The minimum Gasteiger partial charge on any atom is -0.352 e. The van der Waals surface area contributed by atoms with E-state index in [9.17, 15) is 9.59 Å². The summed E-state index contributed by atoms with van der Waals surface area (Å²) in [5, 5.41) is 6.04. The van der Waals surface area contributed by atoms with Gasteiger partial charge in [-0.3, -0.25) is 9.59 Å². The summed E-state index contributed by atoms with van der Waals surface area (Å²) >= 11 is 0. The number of hydrogen-bond acceptors (Lipinski definition) is 4. The second kappa shape index (κ2) is 8.82. The van der Waals surface area contributed by atoms with E-state index in [1.54, 1.807) is 30.5 Å². The van der Waals surface area contributed by atoms with Crippen molar-refractivity contribution in [3.8, 4) is 0 Å². The van der Waals surface area contributed by atoms with Crippen LogP contribution in [0.1, 0.15) is 53.8 Å². The lowest BCUT2D eigenvalue weighted by molar-refractivity contribution is 0.0952. The molecular formula is C19H23N3O2. The molecule has 0 saturated heterocycles. The zero-order valence-electron chi connectivity index (χ0n) is 14.1. The minimum absolute atomic E-state index is 0.00631. The minimum atomic E-state index is -0.103. The second-order valence-corrected chi connectivity index (χ2v) is 5.65. The van der Waals surface area contributed by atoms with Crippen LogP contribution in [-0.2, 0) is 0 Å². The number of nitrogens with zero attached hydrogens (tertiary/aromatic N) is 1. The summed E-state index contributed by atoms with van der Waals surface area (Å²) < 4.78 is 0. The summed E-state index contributed by atoms with van der Waals surface area (Å²) in [6, 6.07) is 10.6. The largest absolute Gasteiger partial charge is 0.352 e. The number of carbonyl (C=O) groups is 2. The lowest BCUT2D eigenvalue weighted by atomic mass is 10.1. The van der Waals surface area contributed by atoms with Crippen molar-refractivity contribution in [1.82, 2.24) is 10.3 Å². The fourth-order valence-corrected chi connectivity index (χ4v) is 2.28. The number of unbranched alkanes of at least 4 members (excludes halogenated alkanes) is 2. The van der Waals surface area contributed by atoms with Gasteiger partial charge in [0.05, 0.1) is 0 Å². The van der Waals surface area contributed by atoms with Crippen molar-refractivity contribution in [2.24, 2.45) is 0 Å². The third-order valence-corrected chi connectivity index (χ3v) is 3.63. The van der Waals surface area contributed by atoms with E-state index in [0.717, 1.165) is 24.9 Å². The van der Waals surface area contributed by atoms with E-state index in [1.807, 2.05) is 12.1 Å². The van der Waals surface area contributed by atoms with Gasteiger partial charge in [0.15, 0.2) is 5.78 Å². The molecule has 2 aromatic rings. The highest BCUT2D eigenvalue weighted by Gasteiger charge is 2.07. The van der Waals surface area contributed by atoms with Gasteiger partial charge in [-0.05, 0) is 37.6 Å². The lowest BCUT2D eigenvalue weighted by Crippen LogP contribution is -2.24. The van der Waals surface area contributed by atoms with Gasteiger partial charge in [0.1, 0.15) is 5.82 Å². The van der Waals surface area contributed by atoms with Crippen LogP contribution in [0.25, 0.3) is 0 Å². The van der Waals surface area contributed by atoms with Gasteiger partial charge >= 0.3 is 0 Å². The molecule has 5 nitrogen and oxygen atoms in total. The fourth-order valence-electron chi connectivity index (χ4n) is 2.28. The lowest BCUT2D eigenvalue weighted by Gasteiger charge is -2.09. The Bertz CT molecular complexity index is 713. The van der Waals surface area contributed by atoms with E-state index in [2.05, 4.69) is 22.5 Å². The summed E-state index contributed by atoms with van der Waals surface area (Å²) in [7, 11) is 0.